The number of piperazine rings is 1. The highest BCUT2D eigenvalue weighted by atomic mass is 19.1. The fourth-order valence-electron chi connectivity index (χ4n) is 4.06. The molecule has 8 heteroatoms. The minimum absolute atomic E-state index is 0.0451. The molecule has 4 rings (SSSR count). The van der Waals surface area contributed by atoms with E-state index in [-0.39, 0.29) is 18.0 Å². The van der Waals surface area contributed by atoms with Crippen molar-refractivity contribution in [1.82, 2.24) is 20.1 Å². The van der Waals surface area contributed by atoms with Gasteiger partial charge in [-0.2, -0.15) is 0 Å². The van der Waals surface area contributed by atoms with Gasteiger partial charge in [0, 0.05) is 63.3 Å². The molecule has 0 saturated carbocycles. The topological polar surface area (TPSA) is 65.5 Å². The van der Waals surface area contributed by atoms with Crippen molar-refractivity contribution in [2.75, 3.05) is 32.7 Å². The van der Waals surface area contributed by atoms with E-state index in [1.807, 2.05) is 17.0 Å². The van der Waals surface area contributed by atoms with E-state index in [2.05, 4.69) is 33.4 Å². The number of hydrogen-bond acceptors (Lipinski definition) is 4. The second kappa shape index (κ2) is 10.5. The zero-order chi connectivity index (χ0) is 23.2. The van der Waals surface area contributed by atoms with Crippen LogP contribution in [0.25, 0.3) is 10.9 Å². The van der Waals surface area contributed by atoms with Crippen molar-refractivity contribution in [2.45, 2.75) is 19.4 Å². The van der Waals surface area contributed by atoms with E-state index >= 15 is 0 Å². The number of aromatic nitrogens is 1. The Morgan fingerprint density at radius 2 is 1.79 bits per heavy atom. The third-order valence-corrected chi connectivity index (χ3v) is 5.86. The van der Waals surface area contributed by atoms with E-state index in [9.17, 15) is 18.4 Å². The Balaban J connectivity index is 1.19. The largest absolute Gasteiger partial charge is 0.352 e. The molecule has 2 aromatic carbocycles. The smallest absolute Gasteiger partial charge is 0.254 e. The van der Waals surface area contributed by atoms with Crippen LogP contribution in [0.3, 0.4) is 0 Å². The summed E-state index contributed by atoms with van der Waals surface area (Å²) in [6.45, 7) is 3.93. The predicted molar refractivity (Wildman–Crippen MR) is 122 cm³/mol. The van der Waals surface area contributed by atoms with Gasteiger partial charge in [0.25, 0.3) is 5.91 Å². The van der Waals surface area contributed by atoms with Crippen LogP contribution in [-0.2, 0) is 11.3 Å². The zero-order valence-corrected chi connectivity index (χ0v) is 18.3. The molecular formula is C25H26F2N4O2. The Bertz CT molecular complexity index is 1140. The molecule has 33 heavy (non-hydrogen) atoms. The number of fused-ring (bicyclic) bond motifs is 1. The standard InChI is InChI=1S/C25H26F2N4O2/c26-20-8-9-21(22(27)16-20)25(33)29-11-3-7-23(32)31-14-12-30(13-15-31)17-19-5-1-4-18-6-2-10-28-24(18)19/h1-2,4-6,8-10,16H,3,7,11-15,17H2,(H,29,33). The molecule has 1 aliphatic heterocycles. The van der Waals surface area contributed by atoms with Gasteiger partial charge in [-0.3, -0.25) is 19.5 Å². The van der Waals surface area contributed by atoms with Crippen molar-refractivity contribution in [2.24, 2.45) is 0 Å². The maximum Gasteiger partial charge on any atom is 0.254 e. The van der Waals surface area contributed by atoms with Crippen LogP contribution < -0.4 is 5.32 Å². The lowest BCUT2D eigenvalue weighted by Crippen LogP contribution is -2.48. The number of nitrogens with zero attached hydrogens (tertiary/aromatic N) is 3. The summed E-state index contributed by atoms with van der Waals surface area (Å²) >= 11 is 0. The first kappa shape index (κ1) is 22.8. The minimum atomic E-state index is -0.902. The van der Waals surface area contributed by atoms with Gasteiger partial charge < -0.3 is 10.2 Å². The highest BCUT2D eigenvalue weighted by molar-refractivity contribution is 5.94. The van der Waals surface area contributed by atoms with Crippen LogP contribution in [0.4, 0.5) is 8.78 Å². The summed E-state index contributed by atoms with van der Waals surface area (Å²) in [6, 6.07) is 13.0. The molecule has 1 fully saturated rings. The number of para-hydroxylation sites is 1. The lowest BCUT2D eigenvalue weighted by molar-refractivity contribution is -0.133. The Kier molecular flexibility index (Phi) is 7.24. The average Bonchev–Trinajstić information content (AvgIpc) is 2.82. The van der Waals surface area contributed by atoms with Gasteiger partial charge in [0.2, 0.25) is 5.91 Å². The third-order valence-electron chi connectivity index (χ3n) is 5.86. The predicted octanol–water partition coefficient (Wildman–Crippen LogP) is 3.37. The molecule has 1 aromatic heterocycles. The van der Waals surface area contributed by atoms with Crippen molar-refractivity contribution >= 4 is 22.7 Å². The normalized spacial score (nSPS) is 14.4. The summed E-state index contributed by atoms with van der Waals surface area (Å²) in [7, 11) is 0. The molecular weight excluding hydrogens is 426 g/mol. The molecule has 6 nitrogen and oxygen atoms in total. The monoisotopic (exact) mass is 452 g/mol. The molecule has 0 bridgehead atoms. The summed E-state index contributed by atoms with van der Waals surface area (Å²) < 4.78 is 26.6. The summed E-state index contributed by atoms with van der Waals surface area (Å²) in [6.07, 6.45) is 2.57. The Morgan fingerprint density at radius 3 is 2.58 bits per heavy atom. The molecule has 1 saturated heterocycles. The van der Waals surface area contributed by atoms with E-state index in [0.717, 1.165) is 42.7 Å². The van der Waals surface area contributed by atoms with Crippen molar-refractivity contribution in [3.8, 4) is 0 Å². The number of pyridine rings is 1. The molecule has 0 unspecified atom stereocenters. The first-order valence-corrected chi connectivity index (χ1v) is 11.1. The first-order chi connectivity index (χ1) is 16.0. The molecule has 0 spiro atoms. The van der Waals surface area contributed by atoms with Gasteiger partial charge in [-0.05, 0) is 30.2 Å². The number of benzene rings is 2. The van der Waals surface area contributed by atoms with Gasteiger partial charge in [-0.25, -0.2) is 8.78 Å². The van der Waals surface area contributed by atoms with Gasteiger partial charge in [-0.1, -0.05) is 24.3 Å². The number of carbonyl (C=O) groups excluding carboxylic acids is 2. The van der Waals surface area contributed by atoms with Gasteiger partial charge in [0.1, 0.15) is 11.6 Å². The molecule has 0 atom stereocenters. The highest BCUT2D eigenvalue weighted by Gasteiger charge is 2.21. The molecule has 3 aromatic rings. The fourth-order valence-corrected chi connectivity index (χ4v) is 4.06. The third kappa shape index (κ3) is 5.70. The number of carbonyl (C=O) groups is 2. The van der Waals surface area contributed by atoms with Crippen LogP contribution in [-0.4, -0.2) is 59.3 Å². The molecule has 2 amide bonds. The first-order valence-electron chi connectivity index (χ1n) is 11.1. The number of hydrogen-bond donors (Lipinski definition) is 1. The molecule has 0 aliphatic carbocycles. The van der Waals surface area contributed by atoms with E-state index in [0.29, 0.717) is 32.0 Å². The summed E-state index contributed by atoms with van der Waals surface area (Å²) in [4.78, 5) is 33.2. The zero-order valence-electron chi connectivity index (χ0n) is 18.3. The number of rotatable bonds is 7. The SMILES string of the molecule is O=C(NCCCC(=O)N1CCN(Cc2cccc3cccnc23)CC1)c1ccc(F)cc1F. The molecule has 1 aliphatic rings. The molecule has 0 radical (unpaired) electrons. The Labute approximate surface area is 191 Å². The fraction of sp³-hybridized carbons (Fsp3) is 0.320. The quantitative estimate of drug-likeness (QED) is 0.559. The molecule has 172 valence electrons. The number of amides is 2. The summed E-state index contributed by atoms with van der Waals surface area (Å²) in [5.41, 5.74) is 1.99. The van der Waals surface area contributed by atoms with Crippen LogP contribution in [0.15, 0.2) is 54.7 Å². The second-order valence-corrected chi connectivity index (χ2v) is 8.13. The van der Waals surface area contributed by atoms with E-state index in [1.54, 1.807) is 6.20 Å². The molecule has 2 heterocycles. The van der Waals surface area contributed by atoms with Gasteiger partial charge >= 0.3 is 0 Å². The van der Waals surface area contributed by atoms with Gasteiger partial charge in [0.15, 0.2) is 0 Å². The van der Waals surface area contributed by atoms with Gasteiger partial charge in [0.05, 0.1) is 11.1 Å². The lowest BCUT2D eigenvalue weighted by Gasteiger charge is -2.35. The second-order valence-electron chi connectivity index (χ2n) is 8.13. The van der Waals surface area contributed by atoms with Crippen LogP contribution >= 0.6 is 0 Å². The van der Waals surface area contributed by atoms with Crippen LogP contribution in [0, 0.1) is 11.6 Å². The Hall–Kier alpha value is -3.39. The Morgan fingerprint density at radius 1 is 1.00 bits per heavy atom. The van der Waals surface area contributed by atoms with Crippen molar-refractivity contribution in [3.05, 3.63) is 77.5 Å². The number of halogens is 2. The van der Waals surface area contributed by atoms with Crippen molar-refractivity contribution in [3.63, 3.8) is 0 Å². The van der Waals surface area contributed by atoms with Crippen LogP contribution in [0.2, 0.25) is 0 Å². The summed E-state index contributed by atoms with van der Waals surface area (Å²) in [5, 5.41) is 3.70. The maximum absolute atomic E-state index is 13.7. The highest BCUT2D eigenvalue weighted by Crippen LogP contribution is 2.18. The van der Waals surface area contributed by atoms with E-state index in [4.69, 9.17) is 0 Å². The van der Waals surface area contributed by atoms with E-state index in [1.165, 1.54) is 5.56 Å². The number of nitrogens with one attached hydrogen (secondary N) is 1. The average molecular weight is 453 g/mol. The lowest BCUT2D eigenvalue weighted by atomic mass is 10.1. The van der Waals surface area contributed by atoms with Crippen molar-refractivity contribution < 1.29 is 18.4 Å². The van der Waals surface area contributed by atoms with Crippen LogP contribution in [0.1, 0.15) is 28.8 Å². The summed E-state index contributed by atoms with van der Waals surface area (Å²) in [5.74, 6) is -2.20. The van der Waals surface area contributed by atoms with Crippen LogP contribution in [0.5, 0.6) is 0 Å². The van der Waals surface area contributed by atoms with Crippen molar-refractivity contribution in [1.29, 1.82) is 0 Å². The minimum Gasteiger partial charge on any atom is -0.352 e. The maximum atomic E-state index is 13.7. The molecule has 1 N–H and O–H groups in total. The van der Waals surface area contributed by atoms with Gasteiger partial charge in [-0.15, -0.1) is 0 Å². The van der Waals surface area contributed by atoms with E-state index < -0.39 is 17.5 Å².